The van der Waals surface area contributed by atoms with Gasteiger partial charge in [0.2, 0.25) is 0 Å². The number of nitrogens with zero attached hydrogens (tertiary/aromatic N) is 2. The van der Waals surface area contributed by atoms with Gasteiger partial charge in [-0.05, 0) is 49.4 Å². The van der Waals surface area contributed by atoms with E-state index in [2.05, 4.69) is 15.7 Å². The number of aromatic nitrogens is 2. The van der Waals surface area contributed by atoms with E-state index in [9.17, 15) is 9.59 Å². The SMILES string of the molecule is CCn1nc(C(=O)Nc2ccc(Nc3ccccc3)cc2)ccc1=O. The Kier molecular flexibility index (Phi) is 4.89. The first-order valence-electron chi connectivity index (χ1n) is 7.97. The molecule has 3 aromatic rings. The van der Waals surface area contributed by atoms with Crippen LogP contribution in [0.15, 0.2) is 71.5 Å². The number of carbonyl (C=O) groups is 1. The van der Waals surface area contributed by atoms with E-state index in [0.717, 1.165) is 11.4 Å². The molecule has 1 aromatic heterocycles. The van der Waals surface area contributed by atoms with Gasteiger partial charge in [0.1, 0.15) is 5.69 Å². The fourth-order valence-corrected chi connectivity index (χ4v) is 2.32. The van der Waals surface area contributed by atoms with Gasteiger partial charge in [-0.1, -0.05) is 18.2 Å². The van der Waals surface area contributed by atoms with Crippen molar-refractivity contribution in [1.29, 1.82) is 0 Å². The van der Waals surface area contributed by atoms with Crippen LogP contribution in [0.1, 0.15) is 17.4 Å². The Balaban J connectivity index is 1.69. The van der Waals surface area contributed by atoms with Crippen molar-refractivity contribution in [2.45, 2.75) is 13.5 Å². The summed E-state index contributed by atoms with van der Waals surface area (Å²) in [7, 11) is 0. The first kappa shape index (κ1) is 16.4. The second-order valence-electron chi connectivity index (χ2n) is 5.40. The number of benzene rings is 2. The number of amides is 1. The Morgan fingerprint density at radius 3 is 2.24 bits per heavy atom. The fraction of sp³-hybridized carbons (Fsp3) is 0.105. The molecule has 1 heterocycles. The topological polar surface area (TPSA) is 76.0 Å². The molecule has 6 nitrogen and oxygen atoms in total. The quantitative estimate of drug-likeness (QED) is 0.751. The average molecular weight is 334 g/mol. The van der Waals surface area contributed by atoms with E-state index < -0.39 is 0 Å². The Morgan fingerprint density at radius 1 is 0.920 bits per heavy atom. The third-order valence-electron chi connectivity index (χ3n) is 3.60. The predicted molar refractivity (Wildman–Crippen MR) is 98.3 cm³/mol. The number of nitrogens with one attached hydrogen (secondary N) is 2. The lowest BCUT2D eigenvalue weighted by molar-refractivity contribution is 0.102. The first-order chi connectivity index (χ1) is 12.2. The smallest absolute Gasteiger partial charge is 0.276 e. The van der Waals surface area contributed by atoms with Gasteiger partial charge in [-0.2, -0.15) is 5.10 Å². The molecule has 2 aromatic carbocycles. The maximum Gasteiger partial charge on any atom is 0.276 e. The molecule has 0 aliphatic rings. The summed E-state index contributed by atoms with van der Waals surface area (Å²) in [4.78, 5) is 23.8. The lowest BCUT2D eigenvalue weighted by Crippen LogP contribution is -2.25. The number of carbonyl (C=O) groups excluding carboxylic acids is 1. The van der Waals surface area contributed by atoms with Gasteiger partial charge in [0.05, 0.1) is 0 Å². The standard InChI is InChI=1S/C19H18N4O2/c1-2-23-18(24)13-12-17(22-23)19(25)21-16-10-8-15(9-11-16)20-14-6-4-3-5-7-14/h3-13,20H,2H2,1H3,(H,21,25). The number of rotatable bonds is 5. The minimum Gasteiger partial charge on any atom is -0.356 e. The van der Waals surface area contributed by atoms with Crippen LogP contribution >= 0.6 is 0 Å². The largest absolute Gasteiger partial charge is 0.356 e. The van der Waals surface area contributed by atoms with Crippen molar-refractivity contribution >= 4 is 23.0 Å². The van der Waals surface area contributed by atoms with Gasteiger partial charge in [0, 0.05) is 29.7 Å². The van der Waals surface area contributed by atoms with Gasteiger partial charge in [-0.25, -0.2) is 4.68 Å². The molecule has 0 atom stereocenters. The molecule has 0 saturated heterocycles. The Hall–Kier alpha value is -3.41. The molecular formula is C19H18N4O2. The van der Waals surface area contributed by atoms with Crippen molar-refractivity contribution in [2.75, 3.05) is 10.6 Å². The average Bonchev–Trinajstić information content (AvgIpc) is 2.64. The highest BCUT2D eigenvalue weighted by Crippen LogP contribution is 2.18. The lowest BCUT2D eigenvalue weighted by Gasteiger charge is -2.09. The molecular weight excluding hydrogens is 316 g/mol. The molecule has 3 rings (SSSR count). The summed E-state index contributed by atoms with van der Waals surface area (Å²) in [6, 6.07) is 20.0. The van der Waals surface area contributed by atoms with Gasteiger partial charge in [0.25, 0.3) is 11.5 Å². The summed E-state index contributed by atoms with van der Waals surface area (Å²) in [5, 5.41) is 10.1. The van der Waals surface area contributed by atoms with Crippen LogP contribution in [0.2, 0.25) is 0 Å². The highest BCUT2D eigenvalue weighted by Gasteiger charge is 2.09. The molecule has 25 heavy (non-hydrogen) atoms. The lowest BCUT2D eigenvalue weighted by atomic mass is 10.2. The highest BCUT2D eigenvalue weighted by molar-refractivity contribution is 6.02. The van der Waals surface area contributed by atoms with Crippen LogP contribution in [0.25, 0.3) is 0 Å². The molecule has 0 aliphatic heterocycles. The summed E-state index contributed by atoms with van der Waals surface area (Å²) < 4.78 is 1.25. The third kappa shape index (κ3) is 4.11. The molecule has 1 amide bonds. The van der Waals surface area contributed by atoms with Crippen molar-refractivity contribution in [2.24, 2.45) is 0 Å². The van der Waals surface area contributed by atoms with E-state index >= 15 is 0 Å². The van der Waals surface area contributed by atoms with E-state index in [1.165, 1.54) is 16.8 Å². The number of hydrogen-bond donors (Lipinski definition) is 2. The zero-order valence-corrected chi connectivity index (χ0v) is 13.8. The maximum atomic E-state index is 12.3. The Morgan fingerprint density at radius 2 is 1.56 bits per heavy atom. The van der Waals surface area contributed by atoms with Gasteiger partial charge < -0.3 is 10.6 Å². The van der Waals surface area contributed by atoms with Crippen molar-refractivity contribution in [3.8, 4) is 0 Å². The summed E-state index contributed by atoms with van der Waals surface area (Å²) in [5.74, 6) is -0.356. The molecule has 0 unspecified atom stereocenters. The maximum absolute atomic E-state index is 12.3. The van der Waals surface area contributed by atoms with Crippen molar-refractivity contribution in [3.63, 3.8) is 0 Å². The van der Waals surface area contributed by atoms with Crippen LogP contribution in [0, 0.1) is 0 Å². The molecule has 0 bridgehead atoms. The van der Waals surface area contributed by atoms with Crippen LogP contribution in [0.3, 0.4) is 0 Å². The molecule has 0 fully saturated rings. The number of anilines is 3. The van der Waals surface area contributed by atoms with Crippen LogP contribution in [0.5, 0.6) is 0 Å². The van der Waals surface area contributed by atoms with E-state index in [0.29, 0.717) is 12.2 Å². The number of aryl methyl sites for hydroxylation is 1. The molecule has 6 heteroatoms. The van der Waals surface area contributed by atoms with Crippen molar-refractivity contribution in [1.82, 2.24) is 9.78 Å². The minimum absolute atomic E-state index is 0.202. The van der Waals surface area contributed by atoms with Crippen molar-refractivity contribution < 1.29 is 4.79 Å². The van der Waals surface area contributed by atoms with Gasteiger partial charge in [0.15, 0.2) is 0 Å². The zero-order chi connectivity index (χ0) is 17.6. The molecule has 0 saturated carbocycles. The zero-order valence-electron chi connectivity index (χ0n) is 13.8. The van der Waals surface area contributed by atoms with Crippen LogP contribution in [-0.4, -0.2) is 15.7 Å². The van der Waals surface area contributed by atoms with Crippen molar-refractivity contribution in [3.05, 3.63) is 82.8 Å². The first-order valence-corrected chi connectivity index (χ1v) is 7.97. The van der Waals surface area contributed by atoms with E-state index in [1.54, 1.807) is 19.1 Å². The third-order valence-corrected chi connectivity index (χ3v) is 3.60. The summed E-state index contributed by atoms with van der Waals surface area (Å²) in [6.07, 6.45) is 0. The van der Waals surface area contributed by atoms with Gasteiger partial charge >= 0.3 is 0 Å². The second kappa shape index (κ2) is 7.44. The monoisotopic (exact) mass is 334 g/mol. The highest BCUT2D eigenvalue weighted by atomic mass is 16.2. The fourth-order valence-electron chi connectivity index (χ4n) is 2.32. The molecule has 0 aliphatic carbocycles. The van der Waals surface area contributed by atoms with Gasteiger partial charge in [-0.15, -0.1) is 0 Å². The predicted octanol–water partition coefficient (Wildman–Crippen LogP) is 3.26. The number of hydrogen-bond acceptors (Lipinski definition) is 4. The summed E-state index contributed by atoms with van der Waals surface area (Å²) in [6.45, 7) is 2.22. The minimum atomic E-state index is -0.356. The molecule has 126 valence electrons. The second-order valence-corrected chi connectivity index (χ2v) is 5.40. The Bertz CT molecular complexity index is 918. The summed E-state index contributed by atoms with van der Waals surface area (Å²) in [5.41, 5.74) is 2.54. The van der Waals surface area contributed by atoms with Crippen LogP contribution in [-0.2, 0) is 6.54 Å². The molecule has 2 N–H and O–H groups in total. The van der Waals surface area contributed by atoms with Gasteiger partial charge in [-0.3, -0.25) is 9.59 Å². The number of para-hydroxylation sites is 1. The molecule has 0 spiro atoms. The normalized spacial score (nSPS) is 10.3. The van der Waals surface area contributed by atoms with E-state index in [1.807, 2.05) is 42.5 Å². The summed E-state index contributed by atoms with van der Waals surface area (Å²) >= 11 is 0. The van der Waals surface area contributed by atoms with E-state index in [4.69, 9.17) is 0 Å². The van der Waals surface area contributed by atoms with Crippen LogP contribution < -0.4 is 16.2 Å². The van der Waals surface area contributed by atoms with E-state index in [-0.39, 0.29) is 17.2 Å². The Labute approximate surface area is 145 Å². The molecule has 0 radical (unpaired) electrons. The van der Waals surface area contributed by atoms with Crippen LogP contribution in [0.4, 0.5) is 17.1 Å².